The number of hydrogen-bond donors (Lipinski definition) is 0. The highest BCUT2D eigenvalue weighted by atomic mass is 19.1. The lowest BCUT2D eigenvalue weighted by atomic mass is 10.00. The van der Waals surface area contributed by atoms with Crippen LogP contribution < -0.4 is 9.47 Å². The summed E-state index contributed by atoms with van der Waals surface area (Å²) >= 11 is 0. The summed E-state index contributed by atoms with van der Waals surface area (Å²) in [6.07, 6.45) is 1.67. The maximum atomic E-state index is 14.7. The van der Waals surface area contributed by atoms with E-state index in [0.717, 1.165) is 30.5 Å². The Labute approximate surface area is 205 Å². The highest BCUT2D eigenvalue weighted by Crippen LogP contribution is 2.31. The van der Waals surface area contributed by atoms with Crippen molar-refractivity contribution in [3.05, 3.63) is 107 Å². The Hall–Kier alpha value is -3.87. The zero-order valence-electron chi connectivity index (χ0n) is 19.5. The standard InChI is InChI=1S/C29H23F5O2/c1-2-3-18-4-9-23(26(32)12-18)19-5-6-21(25(31)13-19)16-35-22-8-10-24(27(33)15-22)20-7-11-29(36-17-30)28(34)14-20/h4-15H,2-3,16-17H2,1H3. The van der Waals surface area contributed by atoms with Crippen LogP contribution in [0.2, 0.25) is 0 Å². The highest BCUT2D eigenvalue weighted by Gasteiger charge is 2.13. The average Bonchev–Trinajstić information content (AvgIpc) is 2.85. The molecular weight excluding hydrogens is 475 g/mol. The van der Waals surface area contributed by atoms with Gasteiger partial charge in [-0.25, -0.2) is 22.0 Å². The number of halogens is 5. The van der Waals surface area contributed by atoms with Crippen LogP contribution in [0.3, 0.4) is 0 Å². The van der Waals surface area contributed by atoms with Gasteiger partial charge in [0.15, 0.2) is 11.6 Å². The number of hydrogen-bond acceptors (Lipinski definition) is 2. The molecule has 4 aromatic carbocycles. The second kappa shape index (κ2) is 11.2. The van der Waals surface area contributed by atoms with Crippen molar-refractivity contribution < 1.29 is 31.4 Å². The van der Waals surface area contributed by atoms with Gasteiger partial charge in [-0.2, -0.15) is 0 Å². The van der Waals surface area contributed by atoms with E-state index in [0.29, 0.717) is 11.1 Å². The molecule has 7 heteroatoms. The number of alkyl halides is 1. The van der Waals surface area contributed by atoms with E-state index < -0.39 is 30.1 Å². The Balaban J connectivity index is 1.46. The van der Waals surface area contributed by atoms with Gasteiger partial charge in [-0.3, -0.25) is 0 Å². The zero-order chi connectivity index (χ0) is 25.7. The van der Waals surface area contributed by atoms with Gasteiger partial charge < -0.3 is 9.47 Å². The Morgan fingerprint density at radius 2 is 1.31 bits per heavy atom. The fourth-order valence-electron chi connectivity index (χ4n) is 3.89. The Morgan fingerprint density at radius 1 is 0.639 bits per heavy atom. The topological polar surface area (TPSA) is 18.5 Å². The molecule has 0 amide bonds. The minimum absolute atomic E-state index is 0.107. The lowest BCUT2D eigenvalue weighted by molar-refractivity contribution is 0.184. The van der Waals surface area contributed by atoms with Crippen molar-refractivity contribution in [2.45, 2.75) is 26.4 Å². The quantitative estimate of drug-likeness (QED) is 0.216. The second-order valence-corrected chi connectivity index (χ2v) is 8.20. The summed E-state index contributed by atoms with van der Waals surface area (Å²) < 4.78 is 80.2. The van der Waals surface area contributed by atoms with Gasteiger partial charge in [0.25, 0.3) is 0 Å². The molecule has 4 aromatic rings. The summed E-state index contributed by atoms with van der Waals surface area (Å²) in [5.41, 5.74) is 2.16. The van der Waals surface area contributed by atoms with E-state index >= 15 is 0 Å². The number of aryl methyl sites for hydroxylation is 1. The van der Waals surface area contributed by atoms with Gasteiger partial charge >= 0.3 is 0 Å². The first-order valence-electron chi connectivity index (χ1n) is 11.4. The summed E-state index contributed by atoms with van der Waals surface area (Å²) in [6.45, 7) is 0.660. The molecule has 0 saturated heterocycles. The summed E-state index contributed by atoms with van der Waals surface area (Å²) in [6, 6.07) is 16.9. The molecule has 0 fully saturated rings. The third kappa shape index (κ3) is 5.67. The molecule has 0 atom stereocenters. The van der Waals surface area contributed by atoms with E-state index in [-0.39, 0.29) is 34.8 Å². The molecule has 4 rings (SSSR count). The Morgan fingerprint density at radius 3 is 1.92 bits per heavy atom. The van der Waals surface area contributed by atoms with Crippen LogP contribution in [0.15, 0.2) is 72.8 Å². The zero-order valence-corrected chi connectivity index (χ0v) is 19.5. The molecular formula is C29H23F5O2. The molecule has 2 nitrogen and oxygen atoms in total. The monoisotopic (exact) mass is 498 g/mol. The van der Waals surface area contributed by atoms with Gasteiger partial charge in [-0.1, -0.05) is 43.7 Å². The summed E-state index contributed by atoms with van der Waals surface area (Å²) in [5.74, 6) is -2.61. The lowest BCUT2D eigenvalue weighted by Gasteiger charge is -2.12. The van der Waals surface area contributed by atoms with Gasteiger partial charge in [0.1, 0.15) is 29.8 Å². The lowest BCUT2D eigenvalue weighted by Crippen LogP contribution is -2.00. The van der Waals surface area contributed by atoms with Crippen LogP contribution in [0.25, 0.3) is 22.3 Å². The van der Waals surface area contributed by atoms with E-state index in [1.165, 1.54) is 42.5 Å². The fourth-order valence-corrected chi connectivity index (χ4v) is 3.89. The van der Waals surface area contributed by atoms with Crippen LogP contribution in [-0.4, -0.2) is 6.86 Å². The minimum atomic E-state index is -1.18. The molecule has 0 N–H and O–H groups in total. The van der Waals surface area contributed by atoms with Crippen LogP contribution in [0.4, 0.5) is 22.0 Å². The number of ether oxygens (including phenoxy) is 2. The molecule has 0 spiro atoms. The van der Waals surface area contributed by atoms with E-state index in [2.05, 4.69) is 4.74 Å². The Bertz CT molecular complexity index is 1370. The van der Waals surface area contributed by atoms with Crippen molar-refractivity contribution in [2.75, 3.05) is 6.86 Å². The maximum Gasteiger partial charge on any atom is 0.228 e. The number of rotatable bonds is 9. The van der Waals surface area contributed by atoms with Crippen LogP contribution in [0, 0.1) is 23.3 Å². The van der Waals surface area contributed by atoms with E-state index in [1.807, 2.05) is 13.0 Å². The highest BCUT2D eigenvalue weighted by molar-refractivity contribution is 5.66. The average molecular weight is 498 g/mol. The molecule has 0 saturated carbocycles. The summed E-state index contributed by atoms with van der Waals surface area (Å²) in [4.78, 5) is 0. The van der Waals surface area contributed by atoms with Gasteiger partial charge in [0.05, 0.1) is 0 Å². The van der Waals surface area contributed by atoms with Crippen molar-refractivity contribution >= 4 is 0 Å². The normalized spacial score (nSPS) is 10.9. The second-order valence-electron chi connectivity index (χ2n) is 8.20. The molecule has 186 valence electrons. The van der Waals surface area contributed by atoms with Gasteiger partial charge in [-0.05, 0) is 59.5 Å². The molecule has 0 radical (unpaired) electrons. The predicted octanol–water partition coefficient (Wildman–Crippen LogP) is 8.41. The molecule has 0 bridgehead atoms. The van der Waals surface area contributed by atoms with Crippen molar-refractivity contribution in [1.82, 2.24) is 0 Å². The van der Waals surface area contributed by atoms with E-state index in [1.54, 1.807) is 12.1 Å². The van der Waals surface area contributed by atoms with Crippen molar-refractivity contribution in [3.63, 3.8) is 0 Å². The molecule has 0 unspecified atom stereocenters. The minimum Gasteiger partial charge on any atom is -0.489 e. The smallest absolute Gasteiger partial charge is 0.228 e. The first-order chi connectivity index (χ1) is 17.4. The van der Waals surface area contributed by atoms with Crippen molar-refractivity contribution in [1.29, 1.82) is 0 Å². The van der Waals surface area contributed by atoms with Crippen LogP contribution in [0.1, 0.15) is 24.5 Å². The van der Waals surface area contributed by atoms with E-state index in [9.17, 15) is 22.0 Å². The molecule has 0 heterocycles. The number of benzene rings is 4. The Kier molecular flexibility index (Phi) is 7.88. The maximum absolute atomic E-state index is 14.7. The fraction of sp³-hybridized carbons (Fsp3) is 0.172. The first kappa shape index (κ1) is 25.2. The van der Waals surface area contributed by atoms with Crippen molar-refractivity contribution in [3.8, 4) is 33.8 Å². The summed E-state index contributed by atoms with van der Waals surface area (Å²) in [5, 5.41) is 0. The summed E-state index contributed by atoms with van der Waals surface area (Å²) in [7, 11) is 0. The van der Waals surface area contributed by atoms with Crippen molar-refractivity contribution in [2.24, 2.45) is 0 Å². The largest absolute Gasteiger partial charge is 0.489 e. The molecule has 0 aliphatic carbocycles. The SMILES string of the molecule is CCCc1ccc(-c2ccc(COc3ccc(-c4ccc(OCF)c(F)c4)c(F)c3)c(F)c2)c(F)c1. The van der Waals surface area contributed by atoms with E-state index in [4.69, 9.17) is 4.74 Å². The first-order valence-corrected chi connectivity index (χ1v) is 11.4. The van der Waals surface area contributed by atoms with Gasteiger partial charge in [0, 0.05) is 22.8 Å². The molecule has 0 aliphatic rings. The van der Waals surface area contributed by atoms with Gasteiger partial charge in [0.2, 0.25) is 6.86 Å². The third-order valence-electron chi connectivity index (χ3n) is 5.72. The third-order valence-corrected chi connectivity index (χ3v) is 5.72. The predicted molar refractivity (Wildman–Crippen MR) is 129 cm³/mol. The van der Waals surface area contributed by atoms with Crippen LogP contribution in [0.5, 0.6) is 11.5 Å². The molecule has 0 aliphatic heterocycles. The molecule has 0 aromatic heterocycles. The van der Waals surface area contributed by atoms with Crippen LogP contribution in [-0.2, 0) is 13.0 Å². The van der Waals surface area contributed by atoms with Crippen LogP contribution >= 0.6 is 0 Å². The van der Waals surface area contributed by atoms with Gasteiger partial charge in [-0.15, -0.1) is 0 Å². The molecule has 36 heavy (non-hydrogen) atoms.